The largest absolute Gasteiger partial charge is 0.496 e. The number of nitrogens with one attached hydrogen (secondary N) is 1. The highest BCUT2D eigenvalue weighted by Gasteiger charge is 2.27. The van der Waals surface area contributed by atoms with Gasteiger partial charge in [0.2, 0.25) is 0 Å². The average molecular weight is 583 g/mol. The van der Waals surface area contributed by atoms with Crippen LogP contribution in [0.25, 0.3) is 16.7 Å². The van der Waals surface area contributed by atoms with Crippen LogP contribution >= 0.6 is 0 Å². The summed E-state index contributed by atoms with van der Waals surface area (Å²) in [4.78, 5) is 23.1. The predicted molar refractivity (Wildman–Crippen MR) is 163 cm³/mol. The van der Waals surface area contributed by atoms with Crippen LogP contribution in [0.5, 0.6) is 17.2 Å². The molecule has 1 N–H and O–H groups in total. The fourth-order valence-corrected chi connectivity index (χ4v) is 5.32. The number of rotatable bonds is 8. The highest BCUT2D eigenvalue weighted by molar-refractivity contribution is 5.92. The summed E-state index contributed by atoms with van der Waals surface area (Å²) >= 11 is 0. The molecule has 0 fully saturated rings. The van der Waals surface area contributed by atoms with E-state index in [1.807, 2.05) is 19.1 Å². The minimum Gasteiger partial charge on any atom is -0.496 e. The Hall–Kier alpha value is -5.18. The van der Waals surface area contributed by atoms with Crippen molar-refractivity contribution in [2.75, 3.05) is 12.4 Å². The fraction of sp³-hybridized carbons (Fsp3) is 0.206. The van der Waals surface area contributed by atoms with Crippen molar-refractivity contribution in [2.45, 2.75) is 39.8 Å². The van der Waals surface area contributed by atoms with Crippen LogP contribution in [0.4, 0.5) is 15.8 Å². The Bertz CT molecular complexity index is 1760. The lowest BCUT2D eigenvalue weighted by atomic mass is 9.85. The molecule has 8 nitrogen and oxygen atoms in total. The summed E-state index contributed by atoms with van der Waals surface area (Å²) in [6.45, 7) is 8.28. The van der Waals surface area contributed by atoms with Crippen LogP contribution in [0.1, 0.15) is 47.8 Å². The predicted octanol–water partition coefficient (Wildman–Crippen LogP) is 8.12. The number of aryl methyl sites for hydroxylation is 1. The van der Waals surface area contributed by atoms with Crippen molar-refractivity contribution < 1.29 is 28.3 Å². The van der Waals surface area contributed by atoms with E-state index >= 15 is 0 Å². The van der Waals surface area contributed by atoms with Gasteiger partial charge in [0.15, 0.2) is 0 Å². The number of benzene rings is 4. The first-order chi connectivity index (χ1) is 20.5. The van der Waals surface area contributed by atoms with Gasteiger partial charge in [-0.1, -0.05) is 18.2 Å². The van der Waals surface area contributed by atoms with Gasteiger partial charge in [0.05, 0.1) is 23.1 Å². The topological polar surface area (TPSA) is 99.9 Å². The van der Waals surface area contributed by atoms with Gasteiger partial charge in [-0.05, 0) is 80.8 Å². The first-order valence-corrected chi connectivity index (χ1v) is 13.6. The molecule has 1 aliphatic heterocycles. The third-order valence-electron chi connectivity index (χ3n) is 7.25. The lowest BCUT2D eigenvalue weighted by molar-refractivity contribution is -0.384. The summed E-state index contributed by atoms with van der Waals surface area (Å²) in [5.74, 6) is 0.121. The Morgan fingerprint density at radius 2 is 1.67 bits per heavy atom. The number of ether oxygens (including phenoxy) is 3. The van der Waals surface area contributed by atoms with E-state index in [0.29, 0.717) is 11.5 Å². The number of fused-ring (bicyclic) bond motifs is 1. The lowest BCUT2D eigenvalue weighted by Gasteiger charge is -2.33. The summed E-state index contributed by atoms with van der Waals surface area (Å²) in [5, 5.41) is 14.5. The van der Waals surface area contributed by atoms with Crippen LogP contribution in [0.15, 0.2) is 78.9 Å². The molecule has 1 aliphatic rings. The van der Waals surface area contributed by atoms with E-state index < -0.39 is 10.9 Å². The second-order valence-corrected chi connectivity index (χ2v) is 10.9. The molecule has 0 amide bonds. The third-order valence-corrected chi connectivity index (χ3v) is 7.25. The average Bonchev–Trinajstić information content (AvgIpc) is 2.96. The van der Waals surface area contributed by atoms with E-state index in [1.165, 1.54) is 43.5 Å². The molecule has 220 valence electrons. The van der Waals surface area contributed by atoms with Crippen LogP contribution in [0.2, 0.25) is 0 Å². The number of nitro groups is 1. The van der Waals surface area contributed by atoms with Crippen molar-refractivity contribution in [3.63, 3.8) is 0 Å². The summed E-state index contributed by atoms with van der Waals surface area (Å²) < 4.78 is 31.5. The standard InChI is InChI=1S/C34H31FN2O6/c1-20-6-9-23(35)16-30(20)42-19-28-26(14-15-29-32(28)21(2)18-34(3,4)36-29)27-13-12-25(17-31(27)41-5)43-33(38)22-7-10-24(11-8-22)37(39)40/h6-18,36H,19H2,1-5H3. The SMILES string of the molecule is COc1cc(OC(=O)c2ccc([N+](=O)[O-])cc2)ccc1-c1ccc2c(c1COc1cc(F)ccc1C)C(C)=CC(C)(C)N2. The molecule has 0 radical (unpaired) electrons. The highest BCUT2D eigenvalue weighted by atomic mass is 19.1. The third kappa shape index (κ3) is 6.21. The Labute approximate surface area is 248 Å². The number of nitro benzene ring substituents is 1. The molecule has 4 aromatic rings. The van der Waals surface area contributed by atoms with Crippen LogP contribution in [0, 0.1) is 22.9 Å². The molecular formula is C34H31FN2O6. The molecular weight excluding hydrogens is 551 g/mol. The molecule has 43 heavy (non-hydrogen) atoms. The van der Waals surface area contributed by atoms with E-state index in [-0.39, 0.29) is 35.0 Å². The maximum atomic E-state index is 14.0. The molecule has 4 aromatic carbocycles. The summed E-state index contributed by atoms with van der Waals surface area (Å²) in [6, 6.07) is 18.7. The molecule has 0 bridgehead atoms. The number of allylic oxidation sites excluding steroid dienone is 1. The molecule has 1 heterocycles. The van der Waals surface area contributed by atoms with E-state index in [9.17, 15) is 19.3 Å². The Morgan fingerprint density at radius 3 is 2.37 bits per heavy atom. The number of carbonyl (C=O) groups is 1. The zero-order valence-electron chi connectivity index (χ0n) is 24.5. The number of hydrogen-bond acceptors (Lipinski definition) is 7. The molecule has 0 saturated carbocycles. The molecule has 9 heteroatoms. The summed E-state index contributed by atoms with van der Waals surface area (Å²) in [5.41, 5.74) is 6.10. The molecule has 0 unspecified atom stereocenters. The Morgan fingerprint density at radius 1 is 0.953 bits per heavy atom. The van der Waals surface area contributed by atoms with Crippen molar-refractivity contribution in [1.29, 1.82) is 0 Å². The Balaban J connectivity index is 1.52. The summed E-state index contributed by atoms with van der Waals surface area (Å²) in [7, 11) is 1.53. The van der Waals surface area contributed by atoms with Gasteiger partial charge in [-0.2, -0.15) is 0 Å². The van der Waals surface area contributed by atoms with Gasteiger partial charge in [-0.3, -0.25) is 10.1 Å². The Kier molecular flexibility index (Phi) is 7.91. The molecule has 0 saturated heterocycles. The molecule has 5 rings (SSSR count). The molecule has 0 spiro atoms. The number of non-ortho nitro benzene ring substituents is 1. The van der Waals surface area contributed by atoms with Crippen LogP contribution in [0.3, 0.4) is 0 Å². The number of halogens is 1. The first-order valence-electron chi connectivity index (χ1n) is 13.6. The van der Waals surface area contributed by atoms with Gasteiger partial charge in [0.25, 0.3) is 5.69 Å². The van der Waals surface area contributed by atoms with E-state index in [0.717, 1.165) is 39.1 Å². The van der Waals surface area contributed by atoms with E-state index in [1.54, 1.807) is 24.3 Å². The van der Waals surface area contributed by atoms with Gasteiger partial charge >= 0.3 is 5.97 Å². The lowest BCUT2D eigenvalue weighted by Crippen LogP contribution is -2.32. The number of esters is 1. The van der Waals surface area contributed by atoms with Crippen LogP contribution < -0.4 is 19.5 Å². The maximum Gasteiger partial charge on any atom is 0.343 e. The number of carbonyl (C=O) groups excluding carboxylic acids is 1. The number of anilines is 1. The minimum absolute atomic E-state index is 0.121. The van der Waals surface area contributed by atoms with Gasteiger partial charge in [-0.25, -0.2) is 9.18 Å². The zero-order chi connectivity index (χ0) is 30.9. The molecule has 0 aliphatic carbocycles. The van der Waals surface area contributed by atoms with E-state index in [4.69, 9.17) is 14.2 Å². The summed E-state index contributed by atoms with van der Waals surface area (Å²) in [6.07, 6.45) is 2.16. The fourth-order valence-electron chi connectivity index (χ4n) is 5.32. The molecule has 0 atom stereocenters. The smallest absolute Gasteiger partial charge is 0.343 e. The zero-order valence-corrected chi connectivity index (χ0v) is 24.5. The van der Waals surface area contributed by atoms with Crippen molar-refractivity contribution in [2.24, 2.45) is 0 Å². The van der Waals surface area contributed by atoms with Crippen LogP contribution in [-0.4, -0.2) is 23.5 Å². The minimum atomic E-state index is -0.660. The first kappa shape index (κ1) is 29.3. The monoisotopic (exact) mass is 582 g/mol. The van der Waals surface area contributed by atoms with Crippen molar-refractivity contribution in [1.82, 2.24) is 0 Å². The maximum absolute atomic E-state index is 14.0. The van der Waals surface area contributed by atoms with Crippen molar-refractivity contribution in [3.05, 3.63) is 117 Å². The second-order valence-electron chi connectivity index (χ2n) is 10.9. The van der Waals surface area contributed by atoms with Crippen molar-refractivity contribution in [3.8, 4) is 28.4 Å². The number of methoxy groups -OCH3 is 1. The van der Waals surface area contributed by atoms with Gasteiger partial charge in [0.1, 0.15) is 29.7 Å². The highest BCUT2D eigenvalue weighted by Crippen LogP contribution is 2.43. The van der Waals surface area contributed by atoms with Gasteiger partial charge in [-0.15, -0.1) is 0 Å². The number of nitrogens with zero attached hydrogens (tertiary/aromatic N) is 1. The van der Waals surface area contributed by atoms with Crippen LogP contribution in [-0.2, 0) is 6.61 Å². The van der Waals surface area contributed by atoms with Gasteiger partial charge < -0.3 is 19.5 Å². The quantitative estimate of drug-likeness (QED) is 0.0969. The van der Waals surface area contributed by atoms with E-state index in [2.05, 4.69) is 32.2 Å². The number of hydrogen-bond donors (Lipinski definition) is 1. The second kappa shape index (κ2) is 11.6. The van der Waals surface area contributed by atoms with Crippen molar-refractivity contribution >= 4 is 22.9 Å². The molecule has 0 aromatic heterocycles. The van der Waals surface area contributed by atoms with Gasteiger partial charge in [0, 0.05) is 46.6 Å². The normalized spacial score (nSPS) is 13.3.